The lowest BCUT2D eigenvalue weighted by molar-refractivity contribution is 0.317. The highest BCUT2D eigenvalue weighted by atomic mass is 32.2. The molecule has 0 unspecified atom stereocenters. The first-order valence-corrected chi connectivity index (χ1v) is 11.9. The van der Waals surface area contributed by atoms with Crippen LogP contribution in [0.1, 0.15) is 35.0 Å². The van der Waals surface area contributed by atoms with Gasteiger partial charge in [-0.05, 0) is 62.6 Å². The number of aromatic nitrogens is 3. The summed E-state index contributed by atoms with van der Waals surface area (Å²) < 4.78 is 40.8. The molecule has 2 aromatic heterocycles. The first-order valence-electron chi connectivity index (χ1n) is 9.63. The second kappa shape index (κ2) is 8.37. The van der Waals surface area contributed by atoms with Crippen LogP contribution in [0, 0.1) is 19.7 Å². The van der Waals surface area contributed by atoms with Gasteiger partial charge in [0.25, 0.3) is 0 Å². The number of hydrogen-bond donors (Lipinski definition) is 1. The Morgan fingerprint density at radius 1 is 1.13 bits per heavy atom. The lowest BCUT2D eigenvalue weighted by Crippen LogP contribution is -2.38. The van der Waals surface area contributed by atoms with Gasteiger partial charge in [0, 0.05) is 24.7 Å². The molecule has 0 spiro atoms. The standard InChI is InChI=1S/C20H22FN5O2S2/c1-13-12-16(6-7-17(13)21)30(27,28)26-10-8-15(9-11-26)18-4-3-5-19(22-18)23-20-25-24-14(2)29-20/h3-7,12,15H,8-11H2,1-2H3,(H,22,23,25). The minimum atomic E-state index is -3.63. The number of anilines is 2. The summed E-state index contributed by atoms with van der Waals surface area (Å²) >= 11 is 1.46. The Morgan fingerprint density at radius 3 is 2.57 bits per heavy atom. The second-order valence-electron chi connectivity index (χ2n) is 7.29. The summed E-state index contributed by atoms with van der Waals surface area (Å²) in [4.78, 5) is 4.82. The molecule has 1 aromatic carbocycles. The predicted octanol–water partition coefficient (Wildman–Crippen LogP) is 4.00. The van der Waals surface area contributed by atoms with E-state index in [2.05, 4.69) is 20.5 Å². The van der Waals surface area contributed by atoms with E-state index in [1.54, 1.807) is 6.92 Å². The van der Waals surface area contributed by atoms with Gasteiger partial charge in [0.15, 0.2) is 0 Å². The topological polar surface area (TPSA) is 88.1 Å². The maximum atomic E-state index is 13.5. The summed E-state index contributed by atoms with van der Waals surface area (Å²) in [6.07, 6.45) is 1.35. The quantitative estimate of drug-likeness (QED) is 0.636. The van der Waals surface area contributed by atoms with Crippen molar-refractivity contribution in [2.24, 2.45) is 0 Å². The number of hydrogen-bond acceptors (Lipinski definition) is 7. The zero-order valence-electron chi connectivity index (χ0n) is 16.7. The molecule has 1 fully saturated rings. The van der Waals surface area contributed by atoms with Gasteiger partial charge in [0.2, 0.25) is 15.2 Å². The molecule has 10 heteroatoms. The van der Waals surface area contributed by atoms with Crippen LogP contribution in [0.25, 0.3) is 0 Å². The summed E-state index contributed by atoms with van der Waals surface area (Å²) in [5.41, 5.74) is 1.25. The predicted molar refractivity (Wildman–Crippen MR) is 114 cm³/mol. The highest BCUT2D eigenvalue weighted by Crippen LogP contribution is 2.31. The number of aryl methyl sites for hydroxylation is 2. The highest BCUT2D eigenvalue weighted by molar-refractivity contribution is 7.89. The second-order valence-corrected chi connectivity index (χ2v) is 10.4. The van der Waals surface area contributed by atoms with E-state index in [1.165, 1.54) is 33.8 Å². The van der Waals surface area contributed by atoms with Crippen molar-refractivity contribution < 1.29 is 12.8 Å². The van der Waals surface area contributed by atoms with Crippen molar-refractivity contribution in [3.8, 4) is 0 Å². The molecule has 3 heterocycles. The summed E-state index contributed by atoms with van der Waals surface area (Å²) in [5, 5.41) is 12.8. The van der Waals surface area contributed by atoms with Gasteiger partial charge in [-0.2, -0.15) is 4.31 Å². The van der Waals surface area contributed by atoms with Gasteiger partial charge in [0.05, 0.1) is 4.90 Å². The average Bonchev–Trinajstić information content (AvgIpc) is 3.15. The maximum absolute atomic E-state index is 13.5. The molecule has 1 saturated heterocycles. The van der Waals surface area contributed by atoms with Gasteiger partial charge < -0.3 is 5.32 Å². The lowest BCUT2D eigenvalue weighted by Gasteiger charge is -2.31. The molecular weight excluding hydrogens is 425 g/mol. The van der Waals surface area contributed by atoms with Crippen LogP contribution in [0.5, 0.6) is 0 Å². The van der Waals surface area contributed by atoms with Crippen molar-refractivity contribution in [3.63, 3.8) is 0 Å². The molecule has 3 aromatic rings. The maximum Gasteiger partial charge on any atom is 0.243 e. The van der Waals surface area contributed by atoms with Gasteiger partial charge in [-0.25, -0.2) is 17.8 Å². The summed E-state index contributed by atoms with van der Waals surface area (Å²) in [5.74, 6) is 0.459. The molecule has 0 amide bonds. The van der Waals surface area contributed by atoms with Crippen LogP contribution in [0.4, 0.5) is 15.3 Å². The minimum Gasteiger partial charge on any atom is -0.315 e. The molecule has 0 aliphatic carbocycles. The number of piperidine rings is 1. The van der Waals surface area contributed by atoms with E-state index in [-0.39, 0.29) is 10.8 Å². The van der Waals surface area contributed by atoms with E-state index in [4.69, 9.17) is 0 Å². The molecule has 0 atom stereocenters. The fourth-order valence-corrected chi connectivity index (χ4v) is 5.68. The van der Waals surface area contributed by atoms with Crippen LogP contribution in [-0.2, 0) is 10.0 Å². The van der Waals surface area contributed by atoms with Gasteiger partial charge in [-0.15, -0.1) is 10.2 Å². The van der Waals surface area contributed by atoms with Crippen LogP contribution in [0.2, 0.25) is 0 Å². The molecule has 1 aliphatic heterocycles. The number of sulfonamides is 1. The third-order valence-corrected chi connectivity index (χ3v) is 7.82. The molecule has 7 nitrogen and oxygen atoms in total. The minimum absolute atomic E-state index is 0.136. The van der Waals surface area contributed by atoms with E-state index in [9.17, 15) is 12.8 Å². The zero-order valence-corrected chi connectivity index (χ0v) is 18.3. The van der Waals surface area contributed by atoms with Crippen LogP contribution < -0.4 is 5.32 Å². The van der Waals surface area contributed by atoms with E-state index >= 15 is 0 Å². The Hall–Kier alpha value is -2.43. The third-order valence-electron chi connectivity index (χ3n) is 5.17. The summed E-state index contributed by atoms with van der Waals surface area (Å²) in [6.45, 7) is 4.26. The van der Waals surface area contributed by atoms with Gasteiger partial charge >= 0.3 is 0 Å². The Kier molecular flexibility index (Phi) is 5.81. The Balaban J connectivity index is 1.44. The summed E-state index contributed by atoms with van der Waals surface area (Å²) in [6, 6.07) is 9.70. The lowest BCUT2D eigenvalue weighted by atomic mass is 9.94. The molecule has 1 N–H and O–H groups in total. The Morgan fingerprint density at radius 2 is 1.90 bits per heavy atom. The number of rotatable bonds is 5. The molecule has 0 saturated carbocycles. The smallest absolute Gasteiger partial charge is 0.243 e. The molecule has 1 aliphatic rings. The van der Waals surface area contributed by atoms with Crippen molar-refractivity contribution in [2.45, 2.75) is 37.5 Å². The largest absolute Gasteiger partial charge is 0.315 e. The van der Waals surface area contributed by atoms with Gasteiger partial charge in [0.1, 0.15) is 16.6 Å². The Bertz CT molecular complexity index is 1160. The van der Waals surface area contributed by atoms with E-state index in [0.717, 1.165) is 10.7 Å². The SMILES string of the molecule is Cc1nnc(Nc2cccc(C3CCN(S(=O)(=O)c4ccc(F)c(C)c4)CC3)n2)s1. The normalized spacial score (nSPS) is 16.0. The summed E-state index contributed by atoms with van der Waals surface area (Å²) in [7, 11) is -3.63. The average molecular weight is 448 g/mol. The van der Waals surface area contributed by atoms with E-state index in [0.29, 0.717) is 42.4 Å². The monoisotopic (exact) mass is 447 g/mol. The molecule has 158 valence electrons. The number of pyridine rings is 1. The molecular formula is C20H22FN5O2S2. The fourth-order valence-electron chi connectivity index (χ4n) is 3.52. The van der Waals surface area contributed by atoms with Crippen LogP contribution in [0.15, 0.2) is 41.3 Å². The van der Waals surface area contributed by atoms with E-state index in [1.807, 2.05) is 25.1 Å². The Labute approximate surface area is 179 Å². The van der Waals surface area contributed by atoms with E-state index < -0.39 is 15.8 Å². The molecule has 4 rings (SSSR count). The number of nitrogens with zero attached hydrogens (tertiary/aromatic N) is 4. The van der Waals surface area contributed by atoms with Crippen molar-refractivity contribution in [2.75, 3.05) is 18.4 Å². The van der Waals surface area contributed by atoms with Crippen molar-refractivity contribution in [1.82, 2.24) is 19.5 Å². The molecule has 0 radical (unpaired) electrons. The highest BCUT2D eigenvalue weighted by Gasteiger charge is 2.30. The van der Waals surface area contributed by atoms with Crippen molar-refractivity contribution in [3.05, 3.63) is 58.5 Å². The van der Waals surface area contributed by atoms with Gasteiger partial charge in [-0.1, -0.05) is 17.4 Å². The van der Waals surface area contributed by atoms with Crippen molar-refractivity contribution >= 4 is 32.3 Å². The van der Waals surface area contributed by atoms with Crippen LogP contribution in [0.3, 0.4) is 0 Å². The fraction of sp³-hybridized carbons (Fsp3) is 0.350. The number of halogens is 1. The van der Waals surface area contributed by atoms with Crippen molar-refractivity contribution in [1.29, 1.82) is 0 Å². The van der Waals surface area contributed by atoms with Crippen LogP contribution in [-0.4, -0.2) is 41.0 Å². The van der Waals surface area contributed by atoms with Crippen LogP contribution >= 0.6 is 11.3 Å². The molecule has 0 bridgehead atoms. The number of nitrogens with one attached hydrogen (secondary N) is 1. The first-order chi connectivity index (χ1) is 14.3. The third kappa shape index (κ3) is 4.35. The molecule has 30 heavy (non-hydrogen) atoms. The first kappa shape index (κ1) is 20.8. The van der Waals surface area contributed by atoms with Gasteiger partial charge in [-0.3, -0.25) is 0 Å². The zero-order chi connectivity index (χ0) is 21.3. The number of benzene rings is 1.